The maximum absolute atomic E-state index is 12.0. The number of carboxylic acid groups (broad SMARTS) is 1. The van der Waals surface area contributed by atoms with Gasteiger partial charge in [0.15, 0.2) is 0 Å². The lowest BCUT2D eigenvalue weighted by atomic mass is 10.1. The van der Waals surface area contributed by atoms with E-state index >= 15 is 0 Å². The second-order valence-corrected chi connectivity index (χ2v) is 5.66. The molecule has 0 atom stereocenters. The summed E-state index contributed by atoms with van der Waals surface area (Å²) < 4.78 is 8.22. The fraction of sp³-hybridized carbons (Fsp3) is 0.467. The summed E-state index contributed by atoms with van der Waals surface area (Å²) in [5, 5.41) is 11.4. The fourth-order valence-corrected chi connectivity index (χ4v) is 2.68. The summed E-state index contributed by atoms with van der Waals surface area (Å²) in [5.74, 6) is -0.833. The molecule has 1 aliphatic heterocycles. The Morgan fingerprint density at radius 3 is 2.59 bits per heavy atom. The average molecular weight is 321 g/mol. The minimum atomic E-state index is -0.737. The molecule has 1 amide bonds. The summed E-state index contributed by atoms with van der Waals surface area (Å²) in [4.78, 5) is 22.4. The molecule has 0 unspecified atom stereocenters. The number of hydrogen-bond acceptors (Lipinski definition) is 4. The van der Waals surface area contributed by atoms with Crippen molar-refractivity contribution in [3.63, 3.8) is 0 Å². The van der Waals surface area contributed by atoms with Gasteiger partial charge < -0.3 is 10.4 Å². The zero-order valence-corrected chi connectivity index (χ0v) is 13.1. The van der Waals surface area contributed by atoms with Crippen LogP contribution in [-0.4, -0.2) is 23.5 Å². The molecular weight excluding hydrogens is 302 g/mol. The quantitative estimate of drug-likeness (QED) is 0.692. The number of nitrogens with zero attached hydrogens (tertiary/aromatic N) is 2. The predicted molar refractivity (Wildman–Crippen MR) is 85.7 cm³/mol. The van der Waals surface area contributed by atoms with E-state index in [1.54, 1.807) is 18.2 Å². The number of carbonyl (C=O) groups excluding carboxylic acids is 1. The van der Waals surface area contributed by atoms with Crippen molar-refractivity contribution in [3.8, 4) is 0 Å². The van der Waals surface area contributed by atoms with E-state index in [1.807, 2.05) is 0 Å². The number of fused-ring (bicyclic) bond motifs is 1. The van der Waals surface area contributed by atoms with Gasteiger partial charge in [-0.3, -0.25) is 9.59 Å². The van der Waals surface area contributed by atoms with Crippen LogP contribution in [0.2, 0.25) is 0 Å². The molecule has 1 aromatic carbocycles. The third kappa shape index (κ3) is 5.07. The molecular formula is C15H19N3O3S. The Bertz CT molecular complexity index is 624. The van der Waals surface area contributed by atoms with E-state index in [2.05, 4.69) is 14.0 Å². The number of nitrogens with one attached hydrogen (secondary N) is 1. The molecule has 1 heterocycles. The number of aliphatic carboxylic acids is 1. The minimum absolute atomic E-state index is 0.0965. The zero-order valence-electron chi connectivity index (χ0n) is 12.2. The first kappa shape index (κ1) is 16.4. The SMILES string of the molecule is O=C(O)CCCCCCCNC(=O)c1ccc2c(c1)N=S=N2. The van der Waals surface area contributed by atoms with Crippen molar-refractivity contribution in [1.29, 1.82) is 0 Å². The van der Waals surface area contributed by atoms with E-state index in [4.69, 9.17) is 5.11 Å². The second kappa shape index (κ2) is 8.43. The fourth-order valence-electron chi connectivity index (χ4n) is 2.16. The number of rotatable bonds is 9. The first-order valence-electron chi connectivity index (χ1n) is 7.39. The molecule has 0 saturated carbocycles. The summed E-state index contributed by atoms with van der Waals surface area (Å²) in [6.45, 7) is 0.630. The standard InChI is InChI=1S/C15H19N3O3S/c19-14(20)6-4-2-1-3-5-9-16-15(21)11-7-8-12-13(10-11)18-22-17-12/h7-8,10H,1-6,9H2,(H,16,21)(H,19,20). The van der Waals surface area contributed by atoms with Gasteiger partial charge in [-0.05, 0) is 31.0 Å². The van der Waals surface area contributed by atoms with E-state index in [0.717, 1.165) is 54.8 Å². The summed E-state index contributed by atoms with van der Waals surface area (Å²) >= 11 is 1.14. The Hall–Kier alpha value is -2.02. The van der Waals surface area contributed by atoms with Crippen LogP contribution in [0.5, 0.6) is 0 Å². The molecule has 6 nitrogen and oxygen atoms in total. The molecule has 7 heteroatoms. The van der Waals surface area contributed by atoms with Crippen LogP contribution in [0.25, 0.3) is 0 Å². The van der Waals surface area contributed by atoms with Crippen molar-refractivity contribution in [3.05, 3.63) is 23.8 Å². The number of hydrogen-bond donors (Lipinski definition) is 2. The molecule has 22 heavy (non-hydrogen) atoms. The van der Waals surface area contributed by atoms with Crippen molar-refractivity contribution in [1.82, 2.24) is 5.32 Å². The van der Waals surface area contributed by atoms with Crippen molar-refractivity contribution in [2.24, 2.45) is 8.73 Å². The van der Waals surface area contributed by atoms with E-state index < -0.39 is 5.97 Å². The lowest BCUT2D eigenvalue weighted by molar-refractivity contribution is -0.137. The molecule has 1 aromatic rings. The maximum Gasteiger partial charge on any atom is 0.303 e. The third-order valence-electron chi connectivity index (χ3n) is 3.37. The van der Waals surface area contributed by atoms with Gasteiger partial charge in [-0.2, -0.15) is 8.73 Å². The van der Waals surface area contributed by atoms with Crippen molar-refractivity contribution in [2.75, 3.05) is 6.54 Å². The van der Waals surface area contributed by atoms with Crippen LogP contribution in [-0.2, 0) is 16.1 Å². The lowest BCUT2D eigenvalue weighted by Crippen LogP contribution is -2.24. The van der Waals surface area contributed by atoms with Crippen molar-refractivity contribution in [2.45, 2.75) is 38.5 Å². The van der Waals surface area contributed by atoms with Gasteiger partial charge >= 0.3 is 5.97 Å². The topological polar surface area (TPSA) is 91.1 Å². The maximum atomic E-state index is 12.0. The van der Waals surface area contributed by atoms with E-state index in [9.17, 15) is 9.59 Å². The molecule has 0 aromatic heterocycles. The van der Waals surface area contributed by atoms with Crippen molar-refractivity contribution >= 4 is 34.6 Å². The first-order valence-corrected chi connectivity index (χ1v) is 8.12. The molecule has 0 saturated heterocycles. The molecule has 1 aliphatic rings. The molecule has 0 bridgehead atoms. The Morgan fingerprint density at radius 2 is 1.77 bits per heavy atom. The number of carbonyl (C=O) groups is 2. The predicted octanol–water partition coefficient (Wildman–Crippen LogP) is 3.57. The summed E-state index contributed by atoms with van der Waals surface area (Å²) in [7, 11) is 0. The van der Waals surface area contributed by atoms with Crippen molar-refractivity contribution < 1.29 is 14.7 Å². The molecule has 0 fully saturated rings. The van der Waals surface area contributed by atoms with Crippen LogP contribution in [0.3, 0.4) is 0 Å². The third-order valence-corrected chi connectivity index (χ3v) is 3.93. The highest BCUT2D eigenvalue weighted by atomic mass is 32.1. The Morgan fingerprint density at radius 1 is 1.05 bits per heavy atom. The van der Waals surface area contributed by atoms with Crippen LogP contribution in [0.4, 0.5) is 11.4 Å². The van der Waals surface area contributed by atoms with Crippen LogP contribution in [0.15, 0.2) is 26.9 Å². The minimum Gasteiger partial charge on any atom is -0.481 e. The highest BCUT2D eigenvalue weighted by molar-refractivity contribution is 7.58. The second-order valence-electron chi connectivity index (χ2n) is 5.14. The summed E-state index contributed by atoms with van der Waals surface area (Å²) in [5.41, 5.74) is 2.15. The van der Waals surface area contributed by atoms with E-state index in [0.29, 0.717) is 12.1 Å². The molecule has 118 valence electrons. The van der Waals surface area contributed by atoms with Gasteiger partial charge in [-0.25, -0.2) is 0 Å². The van der Waals surface area contributed by atoms with Gasteiger partial charge in [-0.1, -0.05) is 19.3 Å². The Labute approximate surface area is 132 Å². The van der Waals surface area contributed by atoms with Gasteiger partial charge in [0.05, 0.1) is 11.4 Å². The first-order chi connectivity index (χ1) is 10.7. The van der Waals surface area contributed by atoms with Gasteiger partial charge in [0.2, 0.25) is 0 Å². The van der Waals surface area contributed by atoms with Crippen LogP contribution < -0.4 is 5.32 Å². The summed E-state index contributed by atoms with van der Waals surface area (Å²) in [6.07, 6.45) is 4.79. The van der Waals surface area contributed by atoms with Gasteiger partial charge in [0.1, 0.15) is 11.4 Å². The molecule has 0 radical (unpaired) electrons. The van der Waals surface area contributed by atoms with Crippen LogP contribution in [0.1, 0.15) is 48.9 Å². The Kier molecular flexibility index (Phi) is 6.27. The smallest absolute Gasteiger partial charge is 0.303 e. The van der Waals surface area contributed by atoms with Crippen LogP contribution >= 0.6 is 0 Å². The number of benzene rings is 1. The largest absolute Gasteiger partial charge is 0.481 e. The zero-order chi connectivity index (χ0) is 15.8. The normalized spacial score (nSPS) is 11.8. The van der Waals surface area contributed by atoms with Gasteiger partial charge in [0.25, 0.3) is 5.91 Å². The number of amides is 1. The monoisotopic (exact) mass is 321 g/mol. The van der Waals surface area contributed by atoms with Gasteiger partial charge in [-0.15, -0.1) is 0 Å². The summed E-state index contributed by atoms with van der Waals surface area (Å²) in [6, 6.07) is 5.31. The van der Waals surface area contributed by atoms with E-state index in [1.165, 1.54) is 0 Å². The highest BCUT2D eigenvalue weighted by Gasteiger charge is 2.10. The Balaban J connectivity index is 1.60. The van der Waals surface area contributed by atoms with Crippen LogP contribution in [0, 0.1) is 0 Å². The van der Waals surface area contributed by atoms with E-state index in [-0.39, 0.29) is 12.3 Å². The molecule has 0 spiro atoms. The average Bonchev–Trinajstić information content (AvgIpc) is 2.96. The number of unbranched alkanes of at least 4 members (excludes halogenated alkanes) is 4. The number of carboxylic acids is 1. The van der Waals surface area contributed by atoms with Gasteiger partial charge in [0, 0.05) is 18.5 Å². The molecule has 0 aliphatic carbocycles. The lowest BCUT2D eigenvalue weighted by Gasteiger charge is -2.06. The highest BCUT2D eigenvalue weighted by Crippen LogP contribution is 2.31. The molecule has 2 rings (SSSR count). The molecule has 2 N–H and O–H groups in total.